The maximum atomic E-state index is 13.8. The van der Waals surface area contributed by atoms with Crippen molar-refractivity contribution in [2.24, 2.45) is 0 Å². The Morgan fingerprint density at radius 3 is 2.32 bits per heavy atom. The number of rotatable bonds is 11. The van der Waals surface area contributed by atoms with Crippen LogP contribution in [-0.2, 0) is 28.3 Å². The van der Waals surface area contributed by atoms with E-state index >= 15 is 0 Å². The summed E-state index contributed by atoms with van der Waals surface area (Å²) < 4.78 is 1.03. The van der Waals surface area contributed by atoms with E-state index in [4.69, 9.17) is 11.6 Å². The van der Waals surface area contributed by atoms with E-state index in [0.717, 1.165) is 52.6 Å². The number of benzene rings is 3. The average molecular weight is 614 g/mol. The first kappa shape index (κ1) is 28.7. The SMILES string of the molecule is O=C(NC1CCCCC1)C(Cc1ccccc1)N(Cc1ccccc1Cl)C(=O)CSCc1ccc(Br)cc1. The largest absolute Gasteiger partial charge is 0.352 e. The molecule has 1 aliphatic rings. The molecular formula is C31H34BrClN2O2S. The van der Waals surface area contributed by atoms with Crippen molar-refractivity contribution >= 4 is 51.1 Å². The molecular weight excluding hydrogens is 580 g/mol. The lowest BCUT2D eigenvalue weighted by atomic mass is 9.94. The predicted octanol–water partition coefficient (Wildman–Crippen LogP) is 7.42. The van der Waals surface area contributed by atoms with Crippen molar-refractivity contribution in [3.8, 4) is 0 Å². The van der Waals surface area contributed by atoms with Gasteiger partial charge in [0.1, 0.15) is 6.04 Å². The van der Waals surface area contributed by atoms with Crippen LogP contribution >= 0.6 is 39.3 Å². The van der Waals surface area contributed by atoms with Gasteiger partial charge in [0.15, 0.2) is 0 Å². The Labute approximate surface area is 243 Å². The van der Waals surface area contributed by atoms with Crippen LogP contribution in [0.5, 0.6) is 0 Å². The second-order valence-corrected chi connectivity index (χ2v) is 12.1. The summed E-state index contributed by atoms with van der Waals surface area (Å²) in [6, 6.07) is 25.1. The zero-order valence-corrected chi connectivity index (χ0v) is 24.6. The minimum absolute atomic E-state index is 0.0632. The molecule has 1 N–H and O–H groups in total. The minimum atomic E-state index is -0.628. The highest BCUT2D eigenvalue weighted by molar-refractivity contribution is 9.10. The van der Waals surface area contributed by atoms with Gasteiger partial charge >= 0.3 is 0 Å². The van der Waals surface area contributed by atoms with Crippen LogP contribution in [0, 0.1) is 0 Å². The molecule has 1 fully saturated rings. The lowest BCUT2D eigenvalue weighted by molar-refractivity contribution is -0.139. The third-order valence-corrected chi connectivity index (χ3v) is 8.81. The van der Waals surface area contributed by atoms with Crippen molar-refractivity contribution in [2.45, 2.75) is 62.9 Å². The van der Waals surface area contributed by atoms with Gasteiger partial charge in [-0.25, -0.2) is 0 Å². The van der Waals surface area contributed by atoms with Gasteiger partial charge in [0.05, 0.1) is 5.75 Å². The Morgan fingerprint density at radius 2 is 1.61 bits per heavy atom. The molecule has 3 aromatic rings. The van der Waals surface area contributed by atoms with Gasteiger partial charge in [0, 0.05) is 34.3 Å². The van der Waals surface area contributed by atoms with Crippen molar-refractivity contribution in [3.63, 3.8) is 0 Å². The van der Waals surface area contributed by atoms with E-state index < -0.39 is 6.04 Å². The molecule has 3 aromatic carbocycles. The highest BCUT2D eigenvalue weighted by atomic mass is 79.9. The maximum Gasteiger partial charge on any atom is 0.243 e. The van der Waals surface area contributed by atoms with Crippen LogP contribution < -0.4 is 5.32 Å². The summed E-state index contributed by atoms with van der Waals surface area (Å²) in [6.45, 7) is 0.285. The molecule has 200 valence electrons. The summed E-state index contributed by atoms with van der Waals surface area (Å²) in [5.74, 6) is 0.852. The van der Waals surface area contributed by atoms with E-state index in [0.29, 0.717) is 11.4 Å². The number of hydrogen-bond donors (Lipinski definition) is 1. The van der Waals surface area contributed by atoms with Crippen molar-refractivity contribution in [2.75, 3.05) is 5.75 Å². The van der Waals surface area contributed by atoms with Gasteiger partial charge in [0.2, 0.25) is 11.8 Å². The van der Waals surface area contributed by atoms with E-state index in [2.05, 4.69) is 33.4 Å². The molecule has 1 saturated carbocycles. The van der Waals surface area contributed by atoms with Gasteiger partial charge in [-0.05, 0) is 47.7 Å². The van der Waals surface area contributed by atoms with Gasteiger partial charge in [0.25, 0.3) is 0 Å². The monoisotopic (exact) mass is 612 g/mol. The van der Waals surface area contributed by atoms with Gasteiger partial charge in [-0.1, -0.05) is 107 Å². The summed E-state index contributed by atoms with van der Waals surface area (Å²) in [5.41, 5.74) is 3.01. The third-order valence-electron chi connectivity index (χ3n) is 6.93. The van der Waals surface area contributed by atoms with E-state index in [1.165, 1.54) is 6.42 Å². The smallest absolute Gasteiger partial charge is 0.243 e. The topological polar surface area (TPSA) is 49.4 Å². The molecule has 4 rings (SSSR count). The first-order valence-corrected chi connectivity index (χ1v) is 15.5. The summed E-state index contributed by atoms with van der Waals surface area (Å²) in [5, 5.41) is 3.88. The van der Waals surface area contributed by atoms with Crippen molar-refractivity contribution in [1.82, 2.24) is 10.2 Å². The van der Waals surface area contributed by atoms with E-state index in [1.54, 1.807) is 16.7 Å². The number of nitrogens with one attached hydrogen (secondary N) is 1. The third kappa shape index (κ3) is 8.62. The van der Waals surface area contributed by atoms with Crippen LogP contribution in [0.2, 0.25) is 5.02 Å². The van der Waals surface area contributed by atoms with Crippen LogP contribution in [0.25, 0.3) is 0 Å². The first-order valence-electron chi connectivity index (χ1n) is 13.2. The number of thioether (sulfide) groups is 1. The predicted molar refractivity (Wildman–Crippen MR) is 161 cm³/mol. The van der Waals surface area contributed by atoms with Gasteiger partial charge in [-0.15, -0.1) is 11.8 Å². The molecule has 0 aliphatic heterocycles. The Morgan fingerprint density at radius 1 is 0.921 bits per heavy atom. The lowest BCUT2D eigenvalue weighted by Crippen LogP contribution is -2.53. The van der Waals surface area contributed by atoms with E-state index in [9.17, 15) is 9.59 Å². The number of carbonyl (C=O) groups is 2. The van der Waals surface area contributed by atoms with Crippen molar-refractivity contribution < 1.29 is 9.59 Å². The molecule has 0 radical (unpaired) electrons. The Hall–Kier alpha value is -2.28. The Balaban J connectivity index is 1.56. The van der Waals surface area contributed by atoms with Crippen LogP contribution in [0.15, 0.2) is 83.3 Å². The molecule has 0 spiro atoms. The molecule has 0 aromatic heterocycles. The highest BCUT2D eigenvalue weighted by Crippen LogP contribution is 2.24. The fourth-order valence-corrected chi connectivity index (χ4v) is 6.16. The van der Waals surface area contributed by atoms with Gasteiger partial charge in [-0.3, -0.25) is 9.59 Å². The zero-order valence-electron chi connectivity index (χ0n) is 21.5. The molecule has 1 atom stereocenters. The Bertz CT molecular complexity index is 1190. The number of nitrogens with zero attached hydrogens (tertiary/aromatic N) is 1. The molecule has 4 nitrogen and oxygen atoms in total. The Kier molecular flexibility index (Phi) is 11.2. The van der Waals surface area contributed by atoms with Crippen molar-refractivity contribution in [1.29, 1.82) is 0 Å². The van der Waals surface area contributed by atoms with Crippen molar-refractivity contribution in [3.05, 3.63) is 105 Å². The fraction of sp³-hybridized carbons (Fsp3) is 0.355. The zero-order chi connectivity index (χ0) is 26.7. The molecule has 0 saturated heterocycles. The summed E-state index contributed by atoms with van der Waals surface area (Å²) in [4.78, 5) is 29.4. The number of halogens is 2. The second-order valence-electron chi connectivity index (χ2n) is 9.78. The van der Waals surface area contributed by atoms with Crippen LogP contribution in [0.4, 0.5) is 0 Å². The van der Waals surface area contributed by atoms with Gasteiger partial charge in [-0.2, -0.15) is 0 Å². The van der Waals surface area contributed by atoms with E-state index in [-0.39, 0.29) is 30.2 Å². The second kappa shape index (κ2) is 14.8. The molecule has 0 bridgehead atoms. The first-order chi connectivity index (χ1) is 18.5. The van der Waals surface area contributed by atoms with Crippen LogP contribution in [0.1, 0.15) is 48.8 Å². The summed E-state index contributed by atoms with van der Waals surface area (Å²) in [6.07, 6.45) is 5.91. The molecule has 2 amide bonds. The number of carbonyl (C=O) groups excluding carboxylic acids is 2. The normalized spacial score (nSPS) is 14.6. The lowest BCUT2D eigenvalue weighted by Gasteiger charge is -2.33. The number of amides is 2. The van der Waals surface area contributed by atoms with Crippen LogP contribution in [0.3, 0.4) is 0 Å². The molecule has 1 aliphatic carbocycles. The van der Waals surface area contributed by atoms with E-state index in [1.807, 2.05) is 66.7 Å². The van der Waals surface area contributed by atoms with Crippen LogP contribution in [-0.4, -0.2) is 34.6 Å². The summed E-state index contributed by atoms with van der Waals surface area (Å²) in [7, 11) is 0. The maximum absolute atomic E-state index is 13.8. The molecule has 7 heteroatoms. The molecule has 38 heavy (non-hydrogen) atoms. The summed E-state index contributed by atoms with van der Waals surface area (Å²) >= 11 is 11.6. The minimum Gasteiger partial charge on any atom is -0.352 e. The quantitative estimate of drug-likeness (QED) is 0.245. The number of hydrogen-bond acceptors (Lipinski definition) is 3. The molecule has 0 heterocycles. The standard InChI is InChI=1S/C31H34BrClN2O2S/c32-26-17-15-24(16-18-26)21-38-22-30(36)35(20-25-11-7-8-14-28(25)33)29(19-23-9-3-1-4-10-23)31(37)34-27-12-5-2-6-13-27/h1,3-4,7-11,14-18,27,29H,2,5-6,12-13,19-22H2,(H,34,37). The van der Waals surface area contributed by atoms with Gasteiger partial charge < -0.3 is 10.2 Å². The highest BCUT2D eigenvalue weighted by Gasteiger charge is 2.32. The average Bonchev–Trinajstić information content (AvgIpc) is 2.93. The fourth-order valence-electron chi connectivity index (χ4n) is 4.83. The molecule has 1 unspecified atom stereocenters.